The summed E-state index contributed by atoms with van der Waals surface area (Å²) >= 11 is 0.0861. The molecule has 6 rings (SSSR count). The average molecular weight is 982 g/mol. The van der Waals surface area contributed by atoms with Crippen molar-refractivity contribution >= 4 is 7.32 Å². The van der Waals surface area contributed by atoms with Gasteiger partial charge in [0.25, 0.3) is 0 Å². The van der Waals surface area contributed by atoms with Gasteiger partial charge >= 0.3 is 63.6 Å². The number of hydrogen-bond donors (Lipinski definition) is 0. The third-order valence-electron chi connectivity index (χ3n) is 5.05. The molecule has 0 amide bonds. The Hall–Kier alpha value is -2.83. The Morgan fingerprint density at radius 2 is 0.362 bits per heavy atom. The Balaban J connectivity index is 0. The maximum atomic E-state index is 8.42. The topological polar surface area (TPSA) is 69.2 Å². The van der Waals surface area contributed by atoms with Crippen LogP contribution in [0, 0.1) is 21.4 Å². The lowest BCUT2D eigenvalue weighted by Gasteiger charge is -2.35. The van der Waals surface area contributed by atoms with Crippen LogP contribution in [0.25, 0.3) is 0 Å². The second kappa shape index (κ2) is 29.3. The van der Waals surface area contributed by atoms with Crippen molar-refractivity contribution in [3.05, 3.63) is 203 Å². The monoisotopic (exact) mass is 982 g/mol. The first-order chi connectivity index (χ1) is 21.1. The Labute approximate surface area is 305 Å². The van der Waals surface area contributed by atoms with E-state index in [4.69, 9.17) is 15.1 Å². The maximum Gasteiger partial charge on any atom is 0.357 e. The number of hydrogen-bond acceptors (Lipinski definition) is 3. The molecular weight excluding hydrogens is 948 g/mol. The summed E-state index contributed by atoms with van der Waals surface area (Å²) in [6.07, 6.45) is 0. The van der Waals surface area contributed by atoms with Crippen LogP contribution in [0.3, 0.4) is 0 Å². The molecule has 248 valence electrons. The van der Waals surface area contributed by atoms with E-state index < -0.39 is 7.32 Å². The molecule has 0 aliphatic carbocycles. The highest BCUT2D eigenvalue weighted by Gasteiger charge is 2.14. The molecule has 0 heterocycles. The average Bonchev–Trinajstić information content (AvgIpc) is 3.05. The number of rotatable bonds is 6. The van der Waals surface area contributed by atoms with E-state index in [1.165, 1.54) is 21.4 Å². The van der Waals surface area contributed by atoms with Gasteiger partial charge in [-0.05, 0) is 72.8 Å². The van der Waals surface area contributed by atoms with Crippen LogP contribution in [-0.2, 0) is 0 Å². The first-order valence-corrected chi connectivity index (χ1v) is 19.8. The van der Waals surface area contributed by atoms with Crippen LogP contribution in [0.5, 0.6) is 0 Å². The second-order valence-corrected chi connectivity index (χ2v) is 17.4. The summed E-state index contributed by atoms with van der Waals surface area (Å²) in [6, 6.07) is 64.2. The summed E-state index contributed by atoms with van der Waals surface area (Å²) in [7, 11) is -2.92. The zero-order chi connectivity index (χ0) is 30.4. The smallest absolute Gasteiger partial charge is 0.357 e. The van der Waals surface area contributed by atoms with Gasteiger partial charge in [0.2, 0.25) is 0 Å². The molecule has 0 saturated heterocycles. The molecule has 0 spiro atoms. The van der Waals surface area contributed by atoms with Crippen molar-refractivity contribution in [2.24, 2.45) is 0 Å². The van der Waals surface area contributed by atoms with Crippen LogP contribution < -0.4 is 78.7 Å². The SMILES string of the molecule is F.F.F.F.[O-]B([O-])[O-].c1ccc([I+]c2ccccc2)cc1.c1ccc([I+]c2ccccc2)cc1.c1ccc([I+]c2ccccc2)cc1. The lowest BCUT2D eigenvalue weighted by molar-refractivity contribution is -0.597. The van der Waals surface area contributed by atoms with Crippen molar-refractivity contribution in [1.29, 1.82) is 0 Å². The van der Waals surface area contributed by atoms with Gasteiger partial charge in [-0.1, -0.05) is 109 Å². The summed E-state index contributed by atoms with van der Waals surface area (Å²) in [6.45, 7) is 0. The first kappa shape index (κ1) is 46.3. The van der Waals surface area contributed by atoms with Crippen molar-refractivity contribution < 1.29 is 97.5 Å². The van der Waals surface area contributed by atoms with Crippen LogP contribution in [0.15, 0.2) is 182 Å². The molecule has 0 unspecified atom stereocenters. The fraction of sp³-hybridized carbons (Fsp3) is 0. The van der Waals surface area contributed by atoms with Crippen molar-refractivity contribution in [1.82, 2.24) is 0 Å². The highest BCUT2D eigenvalue weighted by Crippen LogP contribution is 1.88. The molecule has 6 aromatic rings. The van der Waals surface area contributed by atoms with Gasteiger partial charge in [-0.2, -0.15) is 0 Å². The third-order valence-corrected chi connectivity index (χ3v) is 13.1. The summed E-state index contributed by atoms with van der Waals surface area (Å²) in [5, 5.41) is 25.2. The van der Waals surface area contributed by atoms with Gasteiger partial charge in [-0.25, -0.2) is 0 Å². The largest absolute Gasteiger partial charge is 0.907 e. The van der Waals surface area contributed by atoms with E-state index in [0.29, 0.717) is 0 Å². The highest BCUT2D eigenvalue weighted by atomic mass is 127. The molecule has 3 nitrogen and oxygen atoms in total. The molecule has 0 saturated carbocycles. The Kier molecular flexibility index (Phi) is 28.9. The molecule has 0 aliphatic rings. The van der Waals surface area contributed by atoms with Gasteiger partial charge in [-0.3, -0.25) is 26.1 Å². The van der Waals surface area contributed by atoms with Gasteiger partial charge in [0.15, 0.2) is 21.4 Å². The van der Waals surface area contributed by atoms with E-state index in [0.717, 1.165) is 0 Å². The second-order valence-electron chi connectivity index (χ2n) is 8.35. The molecule has 0 fully saturated rings. The van der Waals surface area contributed by atoms with Gasteiger partial charge in [0.05, 0.1) is 0 Å². The van der Waals surface area contributed by atoms with E-state index in [1.807, 2.05) is 0 Å². The van der Waals surface area contributed by atoms with Gasteiger partial charge < -0.3 is 15.1 Å². The fourth-order valence-electron chi connectivity index (χ4n) is 3.24. The van der Waals surface area contributed by atoms with Crippen molar-refractivity contribution in [2.45, 2.75) is 0 Å². The molecule has 6 aromatic carbocycles. The zero-order valence-electron chi connectivity index (χ0n) is 24.9. The molecular formula is C36H34BF4I3O3. The molecule has 0 N–H and O–H groups in total. The minimum absolute atomic E-state index is 0. The van der Waals surface area contributed by atoms with Crippen LogP contribution in [-0.4, -0.2) is 7.32 Å². The predicted molar refractivity (Wildman–Crippen MR) is 167 cm³/mol. The minimum atomic E-state index is -2.92. The number of benzene rings is 6. The zero-order valence-corrected chi connectivity index (χ0v) is 31.4. The molecule has 0 radical (unpaired) electrons. The predicted octanol–water partition coefficient (Wildman–Crippen LogP) is -3.89. The van der Waals surface area contributed by atoms with Crippen LogP contribution >= 0.6 is 0 Å². The summed E-state index contributed by atoms with van der Waals surface area (Å²) < 4.78 is 8.88. The van der Waals surface area contributed by atoms with Gasteiger partial charge in [0.1, 0.15) is 0 Å². The van der Waals surface area contributed by atoms with E-state index in [-0.39, 0.29) is 82.4 Å². The van der Waals surface area contributed by atoms with Gasteiger partial charge in [0, 0.05) is 0 Å². The van der Waals surface area contributed by atoms with Crippen LogP contribution in [0.1, 0.15) is 0 Å². The standard InChI is InChI=1S/3C12H10I.BO3.4FH/c3*1-3-7-11(8-4-1)13-12-9-5-2-6-10-12;2-1(3)4;;;;/h3*1-10H;;4*1H/q3*+1;-3;;;;. The van der Waals surface area contributed by atoms with E-state index in [9.17, 15) is 0 Å². The summed E-state index contributed by atoms with van der Waals surface area (Å²) in [4.78, 5) is 0. The Bertz CT molecular complexity index is 1220. The molecule has 0 aromatic heterocycles. The molecule has 0 bridgehead atoms. The van der Waals surface area contributed by atoms with E-state index in [1.54, 1.807) is 0 Å². The first-order valence-electron chi connectivity index (χ1n) is 13.3. The highest BCUT2D eigenvalue weighted by molar-refractivity contribution is 6.24. The normalized spacial score (nSPS) is 8.74. The van der Waals surface area contributed by atoms with E-state index in [2.05, 4.69) is 182 Å². The van der Waals surface area contributed by atoms with Crippen LogP contribution in [0.4, 0.5) is 18.8 Å². The fourth-order valence-corrected chi connectivity index (χ4v) is 10.1. The lowest BCUT2D eigenvalue weighted by Crippen LogP contribution is -3.61. The Morgan fingerprint density at radius 3 is 0.468 bits per heavy atom. The maximum absolute atomic E-state index is 8.42. The van der Waals surface area contributed by atoms with Gasteiger partial charge in [-0.15, -0.1) is 0 Å². The van der Waals surface area contributed by atoms with Crippen LogP contribution in [0.2, 0.25) is 0 Å². The Morgan fingerprint density at radius 1 is 0.255 bits per heavy atom. The summed E-state index contributed by atoms with van der Waals surface area (Å²) in [5.41, 5.74) is 0. The third kappa shape index (κ3) is 22.4. The quantitative estimate of drug-likeness (QED) is 0.0977. The molecule has 11 heteroatoms. The molecule has 0 atom stereocenters. The van der Waals surface area contributed by atoms with Crippen molar-refractivity contribution in [3.8, 4) is 0 Å². The minimum Gasteiger partial charge on any atom is -0.907 e. The lowest BCUT2D eigenvalue weighted by atomic mass is 10.3. The van der Waals surface area contributed by atoms with Crippen molar-refractivity contribution in [2.75, 3.05) is 0 Å². The van der Waals surface area contributed by atoms with Crippen molar-refractivity contribution in [3.63, 3.8) is 0 Å². The molecule has 0 aliphatic heterocycles. The summed E-state index contributed by atoms with van der Waals surface area (Å²) in [5.74, 6) is 0. The molecule has 47 heavy (non-hydrogen) atoms. The van der Waals surface area contributed by atoms with E-state index >= 15 is 0 Å². The number of halogens is 7.